The molecule has 0 spiro atoms. The van der Waals surface area contributed by atoms with E-state index in [0.717, 1.165) is 34.4 Å². The highest BCUT2D eigenvalue weighted by Gasteiger charge is 2.63. The highest BCUT2D eigenvalue weighted by atomic mass is 19.2. The molecule has 0 radical (unpaired) electrons. The zero-order valence-electron chi connectivity index (χ0n) is 26.8. The number of aliphatic hydroxyl groups excluding tert-OH is 1. The lowest BCUT2D eigenvalue weighted by molar-refractivity contribution is -0.136. The van der Waals surface area contributed by atoms with Crippen LogP contribution in [-0.2, 0) is 30.0 Å². The van der Waals surface area contributed by atoms with Crippen LogP contribution in [0.5, 0.6) is 0 Å². The van der Waals surface area contributed by atoms with Gasteiger partial charge < -0.3 is 23.9 Å². The van der Waals surface area contributed by atoms with Gasteiger partial charge in [0.25, 0.3) is 0 Å². The Balaban J connectivity index is 1.60. The summed E-state index contributed by atoms with van der Waals surface area (Å²) in [5.74, 6) is -3.00. The van der Waals surface area contributed by atoms with Gasteiger partial charge in [-0.2, -0.15) is 0 Å². The van der Waals surface area contributed by atoms with Crippen LogP contribution in [0.25, 0.3) is 0 Å². The first-order valence-electron chi connectivity index (χ1n) is 15.8. The third kappa shape index (κ3) is 5.80. The standard InChI is InChI=1S/C40H37BF2O5/c1-4-33(36(44)28-25-26-34(42)35(43)27-28)41-47-37(39(45-2,29-17-9-5-10-18-29)30-19-11-6-12-20-30)38(48-41)40(46-3,31-21-13-7-14-22-31)32-23-15-8-16-24-32/h4-27,33,36-38,44H,1H2,2-3H3/t33-,36+,37-,38-/m1/s1. The van der Waals surface area contributed by atoms with Crippen molar-refractivity contribution in [3.63, 3.8) is 0 Å². The number of benzene rings is 5. The molecule has 244 valence electrons. The second-order valence-electron chi connectivity index (χ2n) is 11.8. The minimum absolute atomic E-state index is 0.152. The SMILES string of the molecule is C=C[C@@H](B1O[C@@H](C(OC)(c2ccccc2)c2ccccc2)[C@H](C(OC)(c2ccccc2)c2ccccc2)O1)[C@@H](O)c1ccc(F)c(F)c1. The zero-order chi connectivity index (χ0) is 33.7. The van der Waals surface area contributed by atoms with E-state index in [1.807, 2.05) is 121 Å². The number of aliphatic hydroxyl groups is 1. The molecule has 5 nitrogen and oxygen atoms in total. The molecule has 0 aromatic heterocycles. The van der Waals surface area contributed by atoms with Crippen molar-refractivity contribution in [2.45, 2.75) is 35.3 Å². The molecule has 0 saturated carbocycles. The molecule has 0 aliphatic carbocycles. The molecule has 5 aromatic carbocycles. The second kappa shape index (κ2) is 14.4. The molecular weight excluding hydrogens is 609 g/mol. The molecule has 0 unspecified atom stereocenters. The van der Waals surface area contributed by atoms with E-state index in [-0.39, 0.29) is 5.56 Å². The van der Waals surface area contributed by atoms with Crippen molar-refractivity contribution in [1.82, 2.24) is 0 Å². The van der Waals surface area contributed by atoms with Gasteiger partial charge >= 0.3 is 7.12 Å². The van der Waals surface area contributed by atoms with Gasteiger partial charge in [-0.15, -0.1) is 6.58 Å². The van der Waals surface area contributed by atoms with Gasteiger partial charge in [0.15, 0.2) is 11.6 Å². The summed E-state index contributed by atoms with van der Waals surface area (Å²) in [6.07, 6.45) is -1.65. The third-order valence-electron chi connectivity index (χ3n) is 9.33. The second-order valence-corrected chi connectivity index (χ2v) is 11.8. The number of halogens is 2. The summed E-state index contributed by atoms with van der Waals surface area (Å²) in [6.45, 7) is 3.99. The zero-order valence-corrected chi connectivity index (χ0v) is 26.8. The molecule has 6 rings (SSSR count). The van der Waals surface area contributed by atoms with Gasteiger partial charge in [0, 0.05) is 20.0 Å². The van der Waals surface area contributed by atoms with Crippen LogP contribution in [0.1, 0.15) is 33.9 Å². The Kier molecular flexibility index (Phi) is 10.0. The van der Waals surface area contributed by atoms with Gasteiger partial charge in [-0.05, 0) is 39.9 Å². The number of hydrogen-bond acceptors (Lipinski definition) is 5. The average molecular weight is 647 g/mol. The number of hydrogen-bond donors (Lipinski definition) is 1. The van der Waals surface area contributed by atoms with E-state index in [2.05, 4.69) is 6.58 Å². The Hall–Kier alpha value is -4.44. The summed E-state index contributed by atoms with van der Waals surface area (Å²) >= 11 is 0. The van der Waals surface area contributed by atoms with Crippen molar-refractivity contribution in [3.8, 4) is 0 Å². The maximum absolute atomic E-state index is 14.4. The minimum Gasteiger partial charge on any atom is -0.401 e. The van der Waals surface area contributed by atoms with Crippen molar-refractivity contribution >= 4 is 7.12 Å². The molecule has 0 amide bonds. The predicted molar refractivity (Wildman–Crippen MR) is 182 cm³/mol. The van der Waals surface area contributed by atoms with Crippen LogP contribution in [0.15, 0.2) is 152 Å². The van der Waals surface area contributed by atoms with E-state index in [9.17, 15) is 13.9 Å². The summed E-state index contributed by atoms with van der Waals surface area (Å²) in [7, 11) is 2.15. The monoisotopic (exact) mass is 646 g/mol. The highest BCUT2D eigenvalue weighted by Crippen LogP contribution is 2.52. The molecule has 48 heavy (non-hydrogen) atoms. The number of rotatable bonds is 12. The number of ether oxygens (including phenoxy) is 2. The fraction of sp³-hybridized carbons (Fsp3) is 0.200. The quantitative estimate of drug-likeness (QED) is 0.110. The van der Waals surface area contributed by atoms with Gasteiger partial charge in [-0.25, -0.2) is 8.78 Å². The first-order valence-corrected chi connectivity index (χ1v) is 15.8. The third-order valence-corrected chi connectivity index (χ3v) is 9.33. The van der Waals surface area contributed by atoms with Crippen molar-refractivity contribution < 1.29 is 32.7 Å². The van der Waals surface area contributed by atoms with E-state index < -0.39 is 54.1 Å². The van der Waals surface area contributed by atoms with Gasteiger partial charge in [-0.1, -0.05) is 133 Å². The van der Waals surface area contributed by atoms with Crippen molar-refractivity contribution in [1.29, 1.82) is 0 Å². The first-order chi connectivity index (χ1) is 23.4. The van der Waals surface area contributed by atoms with Crippen molar-refractivity contribution in [2.75, 3.05) is 14.2 Å². The first kappa shape index (κ1) is 33.5. The molecule has 1 fully saturated rings. The predicted octanol–water partition coefficient (Wildman–Crippen LogP) is 8.01. The molecule has 1 heterocycles. The van der Waals surface area contributed by atoms with E-state index >= 15 is 0 Å². The summed E-state index contributed by atoms with van der Waals surface area (Å²) in [5.41, 5.74) is 0.864. The number of methoxy groups -OCH3 is 2. The topological polar surface area (TPSA) is 57.2 Å². The fourth-order valence-electron chi connectivity index (χ4n) is 7.01. The Morgan fingerprint density at radius 1 is 0.646 bits per heavy atom. The van der Waals surface area contributed by atoms with Crippen LogP contribution in [-0.4, -0.2) is 38.7 Å². The Bertz CT molecular complexity index is 1610. The summed E-state index contributed by atoms with van der Waals surface area (Å²) in [5, 5.41) is 11.6. The molecule has 1 saturated heterocycles. The van der Waals surface area contributed by atoms with Crippen LogP contribution < -0.4 is 0 Å². The Morgan fingerprint density at radius 2 is 1.02 bits per heavy atom. The van der Waals surface area contributed by atoms with Gasteiger partial charge in [-0.3, -0.25) is 0 Å². The van der Waals surface area contributed by atoms with Crippen molar-refractivity contribution in [2.24, 2.45) is 0 Å². The molecule has 1 N–H and O–H groups in total. The minimum atomic E-state index is -1.35. The summed E-state index contributed by atoms with van der Waals surface area (Å²) in [4.78, 5) is 0. The maximum atomic E-state index is 14.4. The van der Waals surface area contributed by atoms with Crippen LogP contribution in [0.4, 0.5) is 8.78 Å². The molecular formula is C40H37BF2O5. The van der Waals surface area contributed by atoms with E-state index in [0.29, 0.717) is 0 Å². The lowest BCUT2D eigenvalue weighted by Gasteiger charge is -2.47. The lowest BCUT2D eigenvalue weighted by Crippen LogP contribution is -2.56. The summed E-state index contributed by atoms with van der Waals surface area (Å²) < 4.78 is 55.5. The molecule has 1 aliphatic heterocycles. The van der Waals surface area contributed by atoms with Crippen molar-refractivity contribution in [3.05, 3.63) is 192 Å². The summed E-state index contributed by atoms with van der Waals surface area (Å²) in [6, 6.07) is 42.3. The fourth-order valence-corrected chi connectivity index (χ4v) is 7.01. The Labute approximate surface area is 280 Å². The normalized spacial score (nSPS) is 18.0. The Morgan fingerprint density at radius 3 is 1.33 bits per heavy atom. The largest absolute Gasteiger partial charge is 0.468 e. The van der Waals surface area contributed by atoms with Crippen LogP contribution >= 0.6 is 0 Å². The lowest BCUT2D eigenvalue weighted by atomic mass is 9.67. The average Bonchev–Trinajstić information content (AvgIpc) is 3.58. The molecule has 4 atom stereocenters. The molecule has 5 aromatic rings. The van der Waals surface area contributed by atoms with Gasteiger partial charge in [0.2, 0.25) is 0 Å². The van der Waals surface area contributed by atoms with E-state index in [1.54, 1.807) is 14.2 Å². The van der Waals surface area contributed by atoms with E-state index in [4.69, 9.17) is 18.8 Å². The van der Waals surface area contributed by atoms with Gasteiger partial charge in [0.05, 0.1) is 6.10 Å². The molecule has 1 aliphatic rings. The smallest absolute Gasteiger partial charge is 0.401 e. The maximum Gasteiger partial charge on any atom is 0.468 e. The van der Waals surface area contributed by atoms with E-state index in [1.165, 1.54) is 12.1 Å². The highest BCUT2D eigenvalue weighted by molar-refractivity contribution is 6.48. The van der Waals surface area contributed by atoms with Gasteiger partial charge in [0.1, 0.15) is 23.4 Å². The van der Waals surface area contributed by atoms with Crippen LogP contribution in [0.2, 0.25) is 5.82 Å². The van der Waals surface area contributed by atoms with Crippen LogP contribution in [0, 0.1) is 11.6 Å². The van der Waals surface area contributed by atoms with Crippen LogP contribution in [0.3, 0.4) is 0 Å². The molecule has 0 bridgehead atoms. The molecule has 8 heteroatoms.